The van der Waals surface area contributed by atoms with E-state index in [0.717, 1.165) is 40.8 Å². The lowest BCUT2D eigenvalue weighted by Crippen LogP contribution is -2.21. The van der Waals surface area contributed by atoms with Gasteiger partial charge in [0.15, 0.2) is 0 Å². The van der Waals surface area contributed by atoms with Crippen LogP contribution in [0.5, 0.6) is 5.75 Å². The minimum absolute atomic E-state index is 0.0713. The number of hydrogen-bond acceptors (Lipinski definition) is 5. The highest BCUT2D eigenvalue weighted by atomic mass is 79.9. The molecule has 3 N–H and O–H groups in total. The number of rotatable bonds is 8. The van der Waals surface area contributed by atoms with Crippen molar-refractivity contribution in [2.24, 2.45) is 5.73 Å². The summed E-state index contributed by atoms with van der Waals surface area (Å²) in [5, 5.41) is 4.65. The van der Waals surface area contributed by atoms with Crippen molar-refractivity contribution in [1.82, 2.24) is 9.69 Å². The highest BCUT2D eigenvalue weighted by Crippen LogP contribution is 2.30. The molecule has 6 heteroatoms. The van der Waals surface area contributed by atoms with Crippen molar-refractivity contribution in [3.05, 3.63) is 82.5 Å². The van der Waals surface area contributed by atoms with Crippen LogP contribution in [0.1, 0.15) is 23.7 Å². The van der Waals surface area contributed by atoms with E-state index in [1.54, 1.807) is 7.11 Å². The Morgan fingerprint density at radius 2 is 1.73 bits per heavy atom. The molecule has 1 aromatic heterocycles. The zero-order chi connectivity index (χ0) is 20.9. The quantitative estimate of drug-likeness (QED) is 0.307. The normalized spacial score (nSPS) is 12.2. The maximum atomic E-state index is 6.42. The van der Waals surface area contributed by atoms with Gasteiger partial charge in [-0.25, -0.2) is 0 Å². The van der Waals surface area contributed by atoms with Crippen LogP contribution in [0.4, 0.5) is 0 Å². The molecule has 4 rings (SSSR count). The summed E-state index contributed by atoms with van der Waals surface area (Å²) >= 11 is 5.04. The number of aromatic nitrogens is 1. The van der Waals surface area contributed by atoms with Gasteiger partial charge in [0, 0.05) is 22.4 Å². The number of ether oxygens (including phenoxy) is 1. The van der Waals surface area contributed by atoms with E-state index in [4.69, 9.17) is 10.5 Å². The van der Waals surface area contributed by atoms with Gasteiger partial charge >= 0.3 is 0 Å². The third kappa shape index (κ3) is 4.90. The Balaban J connectivity index is 1.29. The van der Waals surface area contributed by atoms with Crippen LogP contribution >= 0.6 is 27.5 Å². The first-order valence-corrected chi connectivity index (χ1v) is 11.4. The fourth-order valence-corrected chi connectivity index (χ4v) is 4.60. The molecule has 0 aliphatic rings. The summed E-state index contributed by atoms with van der Waals surface area (Å²) in [7, 11) is 1.68. The molecule has 0 saturated carbocycles. The molecule has 1 heterocycles. The van der Waals surface area contributed by atoms with Crippen LogP contribution < -0.4 is 15.8 Å². The van der Waals surface area contributed by atoms with Crippen LogP contribution in [0.3, 0.4) is 0 Å². The largest absolute Gasteiger partial charge is 0.497 e. The van der Waals surface area contributed by atoms with E-state index in [9.17, 15) is 0 Å². The van der Waals surface area contributed by atoms with Gasteiger partial charge in [-0.1, -0.05) is 52.3 Å². The smallest absolute Gasteiger partial charge is 0.118 e. The zero-order valence-electron chi connectivity index (χ0n) is 16.8. The maximum Gasteiger partial charge on any atom is 0.118 e. The van der Waals surface area contributed by atoms with Gasteiger partial charge in [0.1, 0.15) is 5.75 Å². The number of nitrogens with one attached hydrogen (secondary N) is 1. The Labute approximate surface area is 189 Å². The minimum Gasteiger partial charge on any atom is -0.497 e. The summed E-state index contributed by atoms with van der Waals surface area (Å²) in [5.74, 6) is 0.871. The van der Waals surface area contributed by atoms with E-state index in [1.807, 2.05) is 18.2 Å². The number of halogens is 1. The predicted octanol–water partition coefficient (Wildman–Crippen LogP) is 5.91. The molecule has 0 fully saturated rings. The molecule has 3 aromatic carbocycles. The van der Waals surface area contributed by atoms with Crippen molar-refractivity contribution in [3.63, 3.8) is 0 Å². The molecule has 0 bridgehead atoms. The number of fused-ring (bicyclic) bond motifs is 1. The number of nitrogens with two attached hydrogens (primary N) is 1. The molecular weight excluding hydrogens is 458 g/mol. The van der Waals surface area contributed by atoms with E-state index < -0.39 is 0 Å². The second-order valence-corrected chi connectivity index (χ2v) is 8.93. The molecule has 0 aliphatic carbocycles. The number of hydrogen-bond donors (Lipinski definition) is 2. The van der Waals surface area contributed by atoms with Gasteiger partial charge in [-0.2, -0.15) is 4.37 Å². The molecule has 1 atom stereocenters. The standard InChI is InChI=1S/C24H24BrN3OS/c1-29-20-9-6-18(7-10-20)17-4-2-16(3-5-17)15-27-13-12-22(26)24-21-14-19(25)8-11-23(21)30-28-24/h2-11,14,22,27H,12-13,15,26H2,1H3. The van der Waals surface area contributed by atoms with Crippen molar-refractivity contribution >= 4 is 37.5 Å². The van der Waals surface area contributed by atoms with E-state index in [1.165, 1.54) is 32.9 Å². The first kappa shape index (κ1) is 21.0. The van der Waals surface area contributed by atoms with Crippen molar-refractivity contribution < 1.29 is 4.74 Å². The summed E-state index contributed by atoms with van der Waals surface area (Å²) in [5.41, 5.74) is 11.0. The van der Waals surface area contributed by atoms with Crippen LogP contribution in [0, 0.1) is 0 Å². The molecule has 4 nitrogen and oxygen atoms in total. The molecule has 0 radical (unpaired) electrons. The van der Waals surface area contributed by atoms with Crippen molar-refractivity contribution in [2.75, 3.05) is 13.7 Å². The average molecular weight is 482 g/mol. The number of methoxy groups -OCH3 is 1. The SMILES string of the molecule is COc1ccc(-c2ccc(CNCCC(N)c3nsc4ccc(Br)cc34)cc2)cc1. The molecular formula is C24H24BrN3OS. The summed E-state index contributed by atoms with van der Waals surface area (Å²) < 4.78 is 12.0. The molecule has 0 spiro atoms. The monoisotopic (exact) mass is 481 g/mol. The molecule has 4 aromatic rings. The highest BCUT2D eigenvalue weighted by Gasteiger charge is 2.14. The Hall–Kier alpha value is -2.25. The summed E-state index contributed by atoms with van der Waals surface area (Å²) in [6.07, 6.45) is 0.843. The maximum absolute atomic E-state index is 6.42. The first-order chi connectivity index (χ1) is 14.6. The molecule has 1 unspecified atom stereocenters. The highest BCUT2D eigenvalue weighted by molar-refractivity contribution is 9.10. The lowest BCUT2D eigenvalue weighted by atomic mass is 10.0. The van der Waals surface area contributed by atoms with Crippen LogP contribution in [-0.4, -0.2) is 18.0 Å². The Morgan fingerprint density at radius 1 is 1.03 bits per heavy atom. The van der Waals surface area contributed by atoms with Crippen molar-refractivity contribution in [1.29, 1.82) is 0 Å². The van der Waals surface area contributed by atoms with Gasteiger partial charge < -0.3 is 15.8 Å². The summed E-state index contributed by atoms with van der Waals surface area (Å²) in [6.45, 7) is 1.66. The van der Waals surface area contributed by atoms with Crippen LogP contribution in [0.15, 0.2) is 71.2 Å². The lowest BCUT2D eigenvalue weighted by molar-refractivity contribution is 0.415. The van der Waals surface area contributed by atoms with E-state index in [2.05, 4.69) is 74.2 Å². The van der Waals surface area contributed by atoms with Crippen LogP contribution in [0.25, 0.3) is 21.2 Å². The van der Waals surface area contributed by atoms with Gasteiger partial charge in [-0.05, 0) is 71.5 Å². The van der Waals surface area contributed by atoms with Crippen molar-refractivity contribution in [2.45, 2.75) is 19.0 Å². The Kier molecular flexibility index (Phi) is 6.79. The van der Waals surface area contributed by atoms with E-state index in [0.29, 0.717) is 0 Å². The van der Waals surface area contributed by atoms with E-state index in [-0.39, 0.29) is 6.04 Å². The second-order valence-electron chi connectivity index (χ2n) is 7.21. The molecule has 154 valence electrons. The Bertz CT molecular complexity index is 1110. The lowest BCUT2D eigenvalue weighted by Gasteiger charge is -2.11. The topological polar surface area (TPSA) is 60.2 Å². The molecule has 0 saturated heterocycles. The van der Waals surface area contributed by atoms with Gasteiger partial charge in [0.25, 0.3) is 0 Å². The summed E-state index contributed by atoms with van der Waals surface area (Å²) in [6, 6.07) is 22.9. The fourth-order valence-electron chi connectivity index (χ4n) is 3.42. The van der Waals surface area contributed by atoms with Gasteiger partial charge in [0.05, 0.1) is 17.5 Å². The van der Waals surface area contributed by atoms with Gasteiger partial charge in [-0.3, -0.25) is 0 Å². The van der Waals surface area contributed by atoms with E-state index >= 15 is 0 Å². The summed E-state index contributed by atoms with van der Waals surface area (Å²) in [4.78, 5) is 0. The predicted molar refractivity (Wildman–Crippen MR) is 129 cm³/mol. The van der Waals surface area contributed by atoms with Gasteiger partial charge in [-0.15, -0.1) is 0 Å². The average Bonchev–Trinajstić information content (AvgIpc) is 3.20. The van der Waals surface area contributed by atoms with Crippen LogP contribution in [0.2, 0.25) is 0 Å². The molecule has 30 heavy (non-hydrogen) atoms. The number of nitrogens with zero attached hydrogens (tertiary/aromatic N) is 1. The molecule has 0 aliphatic heterocycles. The van der Waals surface area contributed by atoms with Crippen molar-refractivity contribution in [3.8, 4) is 16.9 Å². The van der Waals surface area contributed by atoms with Gasteiger partial charge in [0.2, 0.25) is 0 Å². The Morgan fingerprint density at radius 3 is 2.43 bits per heavy atom. The number of benzene rings is 3. The zero-order valence-corrected chi connectivity index (χ0v) is 19.2. The fraction of sp³-hybridized carbons (Fsp3) is 0.208. The van der Waals surface area contributed by atoms with Crippen LogP contribution in [-0.2, 0) is 6.54 Å². The second kappa shape index (κ2) is 9.71. The minimum atomic E-state index is -0.0713. The third-order valence-corrected chi connectivity index (χ3v) is 6.48. The molecule has 0 amide bonds. The first-order valence-electron chi connectivity index (χ1n) is 9.88. The third-order valence-electron chi connectivity index (χ3n) is 5.15.